The van der Waals surface area contributed by atoms with Crippen LogP contribution in [0.2, 0.25) is 0 Å². The van der Waals surface area contributed by atoms with Gasteiger partial charge in [-0.05, 0) is 35.7 Å². The molecule has 2 heterocycles. The predicted molar refractivity (Wildman–Crippen MR) is 82.4 cm³/mol. The Morgan fingerprint density at radius 3 is 2.76 bits per heavy atom. The van der Waals surface area contributed by atoms with Crippen molar-refractivity contribution in [3.63, 3.8) is 0 Å². The second kappa shape index (κ2) is 6.51. The molecule has 0 aliphatic carbocycles. The van der Waals surface area contributed by atoms with E-state index in [1.165, 1.54) is 4.88 Å². The highest BCUT2D eigenvalue weighted by atomic mass is 32.1. The zero-order valence-electron chi connectivity index (χ0n) is 11.3. The molecular weight excluding hydrogens is 286 g/mol. The fourth-order valence-electron chi connectivity index (χ4n) is 1.94. The van der Waals surface area contributed by atoms with Crippen LogP contribution in [-0.2, 0) is 6.42 Å². The highest BCUT2D eigenvalue weighted by molar-refractivity contribution is 7.09. The van der Waals surface area contributed by atoms with E-state index < -0.39 is 0 Å². The lowest BCUT2D eigenvalue weighted by molar-refractivity contribution is 0.311. The Balaban J connectivity index is 1.70. The van der Waals surface area contributed by atoms with Gasteiger partial charge in [-0.2, -0.15) is 4.98 Å². The number of anilines is 1. The van der Waals surface area contributed by atoms with Crippen molar-refractivity contribution in [2.45, 2.75) is 6.42 Å². The van der Waals surface area contributed by atoms with Crippen LogP contribution in [0.3, 0.4) is 0 Å². The summed E-state index contributed by atoms with van der Waals surface area (Å²) in [6.07, 6.45) is 0.692. The van der Waals surface area contributed by atoms with Gasteiger partial charge >= 0.3 is 0 Å². The summed E-state index contributed by atoms with van der Waals surface area (Å²) >= 11 is 1.68. The molecule has 108 valence electrons. The molecule has 21 heavy (non-hydrogen) atoms. The first-order valence-electron chi connectivity index (χ1n) is 6.65. The Labute approximate surface area is 126 Å². The second-order valence-corrected chi connectivity index (χ2v) is 5.53. The molecule has 0 aliphatic rings. The van der Waals surface area contributed by atoms with E-state index in [4.69, 9.17) is 9.63 Å². The fraction of sp³-hybridized carbons (Fsp3) is 0.200. The SMILES string of the molecule is OCCNc1ccc(-c2nc(Cc3cccs3)no2)cc1. The average molecular weight is 301 g/mol. The first-order valence-corrected chi connectivity index (χ1v) is 7.53. The second-order valence-electron chi connectivity index (χ2n) is 4.50. The van der Waals surface area contributed by atoms with Crippen molar-refractivity contribution >= 4 is 17.0 Å². The van der Waals surface area contributed by atoms with Crippen molar-refractivity contribution in [3.05, 3.63) is 52.5 Å². The zero-order valence-corrected chi connectivity index (χ0v) is 12.1. The number of hydrogen-bond donors (Lipinski definition) is 2. The minimum Gasteiger partial charge on any atom is -0.395 e. The minimum absolute atomic E-state index is 0.109. The van der Waals surface area contributed by atoms with Gasteiger partial charge in [0.05, 0.1) is 6.61 Å². The van der Waals surface area contributed by atoms with Crippen molar-refractivity contribution < 1.29 is 9.63 Å². The summed E-state index contributed by atoms with van der Waals surface area (Å²) in [4.78, 5) is 5.63. The molecule has 0 amide bonds. The monoisotopic (exact) mass is 301 g/mol. The van der Waals surface area contributed by atoms with Gasteiger partial charge in [0, 0.05) is 29.1 Å². The van der Waals surface area contributed by atoms with Crippen LogP contribution in [0.4, 0.5) is 5.69 Å². The summed E-state index contributed by atoms with van der Waals surface area (Å²) in [6, 6.07) is 11.8. The van der Waals surface area contributed by atoms with Gasteiger partial charge in [-0.1, -0.05) is 11.2 Å². The third-order valence-corrected chi connectivity index (χ3v) is 3.83. The zero-order chi connectivity index (χ0) is 14.5. The third kappa shape index (κ3) is 3.48. The topological polar surface area (TPSA) is 71.2 Å². The van der Waals surface area contributed by atoms with Crippen molar-refractivity contribution in [1.29, 1.82) is 0 Å². The van der Waals surface area contributed by atoms with Gasteiger partial charge in [-0.25, -0.2) is 0 Å². The number of aliphatic hydroxyl groups is 1. The predicted octanol–water partition coefficient (Wildman–Crippen LogP) is 2.79. The first-order chi connectivity index (χ1) is 10.3. The Kier molecular flexibility index (Phi) is 4.28. The number of hydrogen-bond acceptors (Lipinski definition) is 6. The summed E-state index contributed by atoms with van der Waals surface area (Å²) in [5.74, 6) is 1.21. The highest BCUT2D eigenvalue weighted by Gasteiger charge is 2.09. The van der Waals surface area contributed by atoms with Crippen LogP contribution in [0.25, 0.3) is 11.5 Å². The highest BCUT2D eigenvalue weighted by Crippen LogP contribution is 2.21. The van der Waals surface area contributed by atoms with Crippen LogP contribution >= 0.6 is 11.3 Å². The van der Waals surface area contributed by atoms with Crippen LogP contribution in [0.5, 0.6) is 0 Å². The molecule has 0 atom stereocenters. The Bertz CT molecular complexity index is 677. The molecule has 3 rings (SSSR count). The molecule has 2 aromatic heterocycles. The molecule has 2 N–H and O–H groups in total. The van der Waals surface area contributed by atoms with Crippen molar-refractivity contribution in [2.24, 2.45) is 0 Å². The summed E-state index contributed by atoms with van der Waals surface area (Å²) in [5, 5.41) is 17.9. The first kappa shape index (κ1) is 13.8. The third-order valence-electron chi connectivity index (χ3n) is 2.95. The van der Waals surface area contributed by atoms with Crippen LogP contribution in [0.15, 0.2) is 46.3 Å². The Morgan fingerprint density at radius 2 is 2.05 bits per heavy atom. The summed E-state index contributed by atoms with van der Waals surface area (Å²) in [7, 11) is 0. The van der Waals surface area contributed by atoms with Gasteiger partial charge in [0.1, 0.15) is 0 Å². The molecule has 0 spiro atoms. The molecule has 5 nitrogen and oxygen atoms in total. The molecule has 0 bridgehead atoms. The van der Waals surface area contributed by atoms with Gasteiger partial charge < -0.3 is 14.9 Å². The molecule has 3 aromatic rings. The number of nitrogens with zero attached hydrogens (tertiary/aromatic N) is 2. The number of nitrogens with one attached hydrogen (secondary N) is 1. The van der Waals surface area contributed by atoms with Crippen molar-refractivity contribution in [2.75, 3.05) is 18.5 Å². The molecule has 0 fully saturated rings. The van der Waals surface area contributed by atoms with E-state index in [0.29, 0.717) is 24.7 Å². The maximum absolute atomic E-state index is 8.77. The lowest BCUT2D eigenvalue weighted by Gasteiger charge is -2.03. The fourth-order valence-corrected chi connectivity index (χ4v) is 2.64. The lowest BCUT2D eigenvalue weighted by Crippen LogP contribution is -2.04. The van der Waals surface area contributed by atoms with E-state index >= 15 is 0 Å². The van der Waals surface area contributed by atoms with Crippen LogP contribution in [0.1, 0.15) is 10.7 Å². The van der Waals surface area contributed by atoms with E-state index in [1.807, 2.05) is 35.7 Å². The van der Waals surface area contributed by atoms with Crippen LogP contribution in [0, 0.1) is 0 Å². The Hall–Kier alpha value is -2.18. The maximum Gasteiger partial charge on any atom is 0.257 e. The number of aliphatic hydroxyl groups excluding tert-OH is 1. The van der Waals surface area contributed by atoms with Crippen molar-refractivity contribution in [1.82, 2.24) is 10.1 Å². The molecular formula is C15H15N3O2S. The van der Waals surface area contributed by atoms with Crippen LogP contribution < -0.4 is 5.32 Å². The molecule has 1 aromatic carbocycles. The van der Waals surface area contributed by atoms with E-state index in [2.05, 4.69) is 21.5 Å². The van der Waals surface area contributed by atoms with Gasteiger partial charge in [-0.3, -0.25) is 0 Å². The molecule has 0 radical (unpaired) electrons. The molecule has 0 unspecified atom stereocenters. The molecule has 6 heteroatoms. The van der Waals surface area contributed by atoms with Gasteiger partial charge in [0.15, 0.2) is 5.82 Å². The van der Waals surface area contributed by atoms with E-state index in [0.717, 1.165) is 11.3 Å². The van der Waals surface area contributed by atoms with E-state index in [-0.39, 0.29) is 6.61 Å². The maximum atomic E-state index is 8.77. The molecule has 0 saturated heterocycles. The number of benzene rings is 1. The normalized spacial score (nSPS) is 10.7. The largest absolute Gasteiger partial charge is 0.395 e. The Morgan fingerprint density at radius 1 is 1.19 bits per heavy atom. The number of aromatic nitrogens is 2. The van der Waals surface area contributed by atoms with E-state index in [9.17, 15) is 0 Å². The lowest BCUT2D eigenvalue weighted by atomic mass is 10.2. The van der Waals surface area contributed by atoms with Gasteiger partial charge in [0.25, 0.3) is 5.89 Å². The number of thiophene rings is 1. The summed E-state index contributed by atoms with van der Waals surface area (Å²) < 4.78 is 5.30. The summed E-state index contributed by atoms with van der Waals surface area (Å²) in [6.45, 7) is 0.641. The number of rotatable bonds is 6. The quantitative estimate of drug-likeness (QED) is 0.732. The van der Waals surface area contributed by atoms with E-state index in [1.54, 1.807) is 11.3 Å². The van der Waals surface area contributed by atoms with Gasteiger partial charge in [-0.15, -0.1) is 11.3 Å². The molecule has 0 aliphatic heterocycles. The average Bonchev–Trinajstić information content (AvgIpc) is 3.18. The smallest absolute Gasteiger partial charge is 0.257 e. The molecule has 0 saturated carbocycles. The van der Waals surface area contributed by atoms with Crippen LogP contribution in [-0.4, -0.2) is 28.4 Å². The standard InChI is InChI=1S/C15H15N3O2S/c19-8-7-16-12-5-3-11(4-6-12)15-17-14(18-20-15)10-13-2-1-9-21-13/h1-6,9,16,19H,7-8,10H2. The minimum atomic E-state index is 0.109. The van der Waals surface area contributed by atoms with Crippen molar-refractivity contribution in [3.8, 4) is 11.5 Å². The summed E-state index contributed by atoms with van der Waals surface area (Å²) in [5.41, 5.74) is 1.83. The van der Waals surface area contributed by atoms with Gasteiger partial charge in [0.2, 0.25) is 0 Å².